The van der Waals surface area contributed by atoms with Gasteiger partial charge in [-0.2, -0.15) is 4.98 Å². The van der Waals surface area contributed by atoms with Crippen molar-refractivity contribution in [1.29, 1.82) is 0 Å². The smallest absolute Gasteiger partial charge is 0.250 e. The molecule has 2 heterocycles. The molecule has 0 unspecified atom stereocenters. The molecular weight excluding hydrogens is 468 g/mol. The van der Waals surface area contributed by atoms with Gasteiger partial charge >= 0.3 is 0 Å². The number of rotatable bonds is 12. The maximum absolute atomic E-state index is 12.3. The van der Waals surface area contributed by atoms with Gasteiger partial charge in [-0.3, -0.25) is 0 Å². The van der Waals surface area contributed by atoms with Crippen LogP contribution in [0, 0.1) is 11.8 Å². The predicted molar refractivity (Wildman–Crippen MR) is 140 cm³/mol. The van der Waals surface area contributed by atoms with Crippen LogP contribution >= 0.6 is 11.3 Å². The molecule has 3 aromatic rings. The summed E-state index contributed by atoms with van der Waals surface area (Å²) in [7, 11) is -3.38. The fourth-order valence-corrected chi connectivity index (χ4v) is 6.51. The Kier molecular flexibility index (Phi) is 8.71. The fourth-order valence-electron chi connectivity index (χ4n) is 4.36. The van der Waals surface area contributed by atoms with Crippen molar-refractivity contribution in [1.82, 2.24) is 14.7 Å². The van der Waals surface area contributed by atoms with E-state index in [0.29, 0.717) is 35.1 Å². The Morgan fingerprint density at radius 2 is 1.71 bits per heavy atom. The first kappa shape index (κ1) is 24.8. The molecule has 5 N–H and O–H groups in total. The van der Waals surface area contributed by atoms with E-state index in [1.165, 1.54) is 11.3 Å². The zero-order chi connectivity index (χ0) is 23.8. The lowest BCUT2D eigenvalue weighted by atomic mass is 9.82. The zero-order valence-electron chi connectivity index (χ0n) is 19.4. The Hall–Kier alpha value is -2.27. The topological polar surface area (TPSA) is 122 Å². The molecule has 0 radical (unpaired) electrons. The molecule has 1 aromatic carbocycles. The first-order valence-corrected chi connectivity index (χ1v) is 14.4. The van der Waals surface area contributed by atoms with Crippen LogP contribution in [-0.4, -0.2) is 44.6 Å². The second-order valence-electron chi connectivity index (χ2n) is 8.89. The van der Waals surface area contributed by atoms with Gasteiger partial charge in [0.05, 0.1) is 5.52 Å². The third-order valence-corrected chi connectivity index (χ3v) is 9.18. The molecule has 10 heteroatoms. The van der Waals surface area contributed by atoms with E-state index in [2.05, 4.69) is 15.4 Å². The number of benzene rings is 1. The number of aromatic nitrogens is 2. The Labute approximate surface area is 205 Å². The molecule has 0 spiro atoms. The minimum absolute atomic E-state index is 0.382. The van der Waals surface area contributed by atoms with Crippen LogP contribution in [0.3, 0.4) is 0 Å². The van der Waals surface area contributed by atoms with Crippen molar-refractivity contribution in [2.45, 2.75) is 42.7 Å². The Morgan fingerprint density at radius 1 is 0.941 bits per heavy atom. The van der Waals surface area contributed by atoms with Crippen LogP contribution in [0.5, 0.6) is 0 Å². The number of fused-ring (bicyclic) bond motifs is 1. The summed E-state index contributed by atoms with van der Waals surface area (Å²) in [6.45, 7) is 2.85. The number of nitrogens with zero attached hydrogens (tertiary/aromatic N) is 2. The highest BCUT2D eigenvalue weighted by Gasteiger charge is 2.24. The van der Waals surface area contributed by atoms with E-state index in [-0.39, 0.29) is 0 Å². The first-order valence-electron chi connectivity index (χ1n) is 12.0. The van der Waals surface area contributed by atoms with Crippen LogP contribution in [-0.2, 0) is 10.0 Å². The molecule has 0 aliphatic heterocycles. The van der Waals surface area contributed by atoms with Gasteiger partial charge in [0.1, 0.15) is 10.0 Å². The van der Waals surface area contributed by atoms with Crippen molar-refractivity contribution >= 4 is 44.0 Å². The maximum Gasteiger partial charge on any atom is 0.250 e. The molecule has 0 saturated heterocycles. The number of hydrogen-bond acceptors (Lipinski definition) is 8. The van der Waals surface area contributed by atoms with Gasteiger partial charge in [-0.15, -0.1) is 11.3 Å². The highest BCUT2D eigenvalue weighted by Crippen LogP contribution is 2.29. The summed E-state index contributed by atoms with van der Waals surface area (Å²) in [5, 5.41) is 9.69. The van der Waals surface area contributed by atoms with Crippen molar-refractivity contribution < 1.29 is 8.42 Å². The van der Waals surface area contributed by atoms with Gasteiger partial charge in [0, 0.05) is 25.0 Å². The zero-order valence-corrected chi connectivity index (χ0v) is 21.0. The monoisotopic (exact) mass is 502 g/mol. The lowest BCUT2D eigenvalue weighted by molar-refractivity contribution is 0.284. The lowest BCUT2D eigenvalue weighted by Crippen LogP contribution is -2.32. The summed E-state index contributed by atoms with van der Waals surface area (Å²) in [4.78, 5) is 9.44. The SMILES string of the molecule is NCCCCNc1nc(NCC2CCC(CNS(=O)(=O)c3cccs3)CC2)nc2ccccc12. The Balaban J connectivity index is 1.27. The van der Waals surface area contributed by atoms with Crippen molar-refractivity contribution in [2.75, 3.05) is 36.8 Å². The molecular formula is C24H34N6O2S2. The van der Waals surface area contributed by atoms with E-state index in [4.69, 9.17) is 15.7 Å². The number of nitrogens with two attached hydrogens (primary N) is 1. The summed E-state index contributed by atoms with van der Waals surface area (Å²) in [6.07, 6.45) is 6.16. The van der Waals surface area contributed by atoms with E-state index >= 15 is 0 Å². The van der Waals surface area contributed by atoms with Crippen molar-refractivity contribution in [3.05, 3.63) is 41.8 Å². The summed E-state index contributed by atoms with van der Waals surface area (Å²) in [6, 6.07) is 11.4. The normalized spacial score (nSPS) is 18.7. The van der Waals surface area contributed by atoms with Crippen LogP contribution in [0.25, 0.3) is 10.9 Å². The van der Waals surface area contributed by atoms with Crippen LogP contribution < -0.4 is 21.1 Å². The van der Waals surface area contributed by atoms with Gasteiger partial charge in [-0.05, 0) is 80.5 Å². The van der Waals surface area contributed by atoms with Crippen LogP contribution in [0.1, 0.15) is 38.5 Å². The van der Waals surface area contributed by atoms with Gasteiger partial charge in [0.15, 0.2) is 0 Å². The van der Waals surface area contributed by atoms with Gasteiger partial charge in [-0.1, -0.05) is 18.2 Å². The van der Waals surface area contributed by atoms with Crippen molar-refractivity contribution in [3.8, 4) is 0 Å². The Morgan fingerprint density at radius 3 is 2.44 bits per heavy atom. The van der Waals surface area contributed by atoms with E-state index in [1.54, 1.807) is 17.5 Å². The minimum Gasteiger partial charge on any atom is -0.369 e. The molecule has 1 aliphatic carbocycles. The number of hydrogen-bond donors (Lipinski definition) is 4. The number of unbranched alkanes of at least 4 members (excludes halogenated alkanes) is 1. The highest BCUT2D eigenvalue weighted by molar-refractivity contribution is 7.91. The maximum atomic E-state index is 12.3. The minimum atomic E-state index is -3.38. The quantitative estimate of drug-likeness (QED) is 0.276. The molecule has 4 rings (SSSR count). The van der Waals surface area contributed by atoms with Crippen LogP contribution in [0.2, 0.25) is 0 Å². The van der Waals surface area contributed by atoms with Crippen molar-refractivity contribution in [2.24, 2.45) is 17.6 Å². The van der Waals surface area contributed by atoms with E-state index in [9.17, 15) is 8.42 Å². The predicted octanol–water partition coefficient (Wildman–Crippen LogP) is 4.04. The molecule has 1 aliphatic rings. The molecule has 2 aromatic heterocycles. The summed E-state index contributed by atoms with van der Waals surface area (Å²) < 4.78 is 27.9. The number of nitrogens with one attached hydrogen (secondary N) is 3. The second-order valence-corrected chi connectivity index (χ2v) is 11.8. The van der Waals surface area contributed by atoms with Gasteiger partial charge in [0.2, 0.25) is 16.0 Å². The third-order valence-electron chi connectivity index (χ3n) is 6.36. The van der Waals surface area contributed by atoms with E-state index in [1.807, 2.05) is 24.3 Å². The van der Waals surface area contributed by atoms with E-state index < -0.39 is 10.0 Å². The molecule has 1 fully saturated rings. The number of sulfonamides is 1. The Bertz CT molecular complexity index is 1150. The van der Waals surface area contributed by atoms with E-state index in [0.717, 1.165) is 68.3 Å². The largest absolute Gasteiger partial charge is 0.369 e. The van der Waals surface area contributed by atoms with Gasteiger partial charge in [0.25, 0.3) is 0 Å². The van der Waals surface area contributed by atoms with Gasteiger partial charge in [-0.25, -0.2) is 18.1 Å². The lowest BCUT2D eigenvalue weighted by Gasteiger charge is -2.28. The summed E-state index contributed by atoms with van der Waals surface area (Å²) >= 11 is 1.25. The molecule has 8 nitrogen and oxygen atoms in total. The molecule has 184 valence electrons. The summed E-state index contributed by atoms with van der Waals surface area (Å²) in [5.74, 6) is 2.41. The highest BCUT2D eigenvalue weighted by atomic mass is 32.2. The molecule has 0 bridgehead atoms. The standard InChI is InChI=1S/C24H34N6O2S2/c25-13-3-4-14-26-23-20-6-1-2-7-21(20)29-24(30-23)27-16-18-9-11-19(12-10-18)17-28-34(31,32)22-8-5-15-33-22/h1-2,5-8,15,18-19,28H,3-4,9-14,16-17,25H2,(H2,26,27,29,30). The average molecular weight is 503 g/mol. The van der Waals surface area contributed by atoms with Gasteiger partial charge < -0.3 is 16.4 Å². The second kappa shape index (κ2) is 11.9. The van der Waals surface area contributed by atoms with Crippen molar-refractivity contribution in [3.63, 3.8) is 0 Å². The molecule has 34 heavy (non-hydrogen) atoms. The number of anilines is 2. The summed E-state index contributed by atoms with van der Waals surface area (Å²) in [5.41, 5.74) is 6.52. The first-order chi connectivity index (χ1) is 16.5. The molecule has 1 saturated carbocycles. The fraction of sp³-hybridized carbons (Fsp3) is 0.500. The third kappa shape index (κ3) is 6.65. The van der Waals surface area contributed by atoms with Crippen LogP contribution in [0.4, 0.5) is 11.8 Å². The molecule has 0 amide bonds. The molecule has 0 atom stereocenters. The number of thiophene rings is 1. The number of para-hydroxylation sites is 1. The average Bonchev–Trinajstić information content (AvgIpc) is 3.41. The van der Waals surface area contributed by atoms with Crippen LogP contribution in [0.15, 0.2) is 46.0 Å².